The van der Waals surface area contributed by atoms with Crippen molar-refractivity contribution in [2.45, 2.75) is 25.7 Å². The average molecular weight is 216 g/mol. The van der Waals surface area contributed by atoms with E-state index in [9.17, 15) is 4.39 Å². The van der Waals surface area contributed by atoms with E-state index in [1.54, 1.807) is 6.07 Å². The van der Waals surface area contributed by atoms with Crippen LogP contribution >= 0.6 is 0 Å². The fraction of sp³-hybridized carbons (Fsp3) is 0.308. The van der Waals surface area contributed by atoms with Gasteiger partial charge in [0.1, 0.15) is 5.82 Å². The normalized spacial score (nSPS) is 15.1. The number of halogens is 1. The number of nitrogens with zero attached hydrogens (tertiary/aromatic N) is 1. The van der Waals surface area contributed by atoms with Gasteiger partial charge in [-0.3, -0.25) is 4.98 Å². The predicted octanol–water partition coefficient (Wildman–Crippen LogP) is 2.83. The summed E-state index contributed by atoms with van der Waals surface area (Å²) < 4.78 is 13.2. The van der Waals surface area contributed by atoms with E-state index in [1.165, 1.54) is 18.6 Å². The fourth-order valence-electron chi connectivity index (χ4n) is 2.43. The predicted molar refractivity (Wildman–Crippen MR) is 62.8 cm³/mol. The third kappa shape index (κ3) is 1.35. The zero-order valence-electron chi connectivity index (χ0n) is 8.96. The van der Waals surface area contributed by atoms with Crippen LogP contribution in [0.15, 0.2) is 18.2 Å². The Balaban J connectivity index is 2.35. The molecule has 0 spiro atoms. The number of rotatable bonds is 0. The van der Waals surface area contributed by atoms with Crippen LogP contribution in [0.2, 0.25) is 0 Å². The van der Waals surface area contributed by atoms with Crippen molar-refractivity contribution in [1.82, 2.24) is 4.98 Å². The number of anilines is 1. The lowest BCUT2D eigenvalue weighted by Gasteiger charge is -2.18. The summed E-state index contributed by atoms with van der Waals surface area (Å²) in [6.45, 7) is 0. The molecule has 0 radical (unpaired) electrons. The molecule has 82 valence electrons. The molecule has 0 saturated heterocycles. The summed E-state index contributed by atoms with van der Waals surface area (Å²) in [5.74, 6) is -0.253. The smallest absolute Gasteiger partial charge is 0.124 e. The quantitative estimate of drug-likeness (QED) is 0.735. The second kappa shape index (κ2) is 3.44. The molecule has 0 amide bonds. The van der Waals surface area contributed by atoms with Crippen molar-refractivity contribution in [1.29, 1.82) is 0 Å². The molecular weight excluding hydrogens is 203 g/mol. The van der Waals surface area contributed by atoms with E-state index in [0.29, 0.717) is 0 Å². The number of aromatic nitrogens is 1. The maximum absolute atomic E-state index is 13.2. The Kier molecular flexibility index (Phi) is 2.06. The van der Waals surface area contributed by atoms with E-state index in [1.807, 2.05) is 0 Å². The van der Waals surface area contributed by atoms with Crippen LogP contribution in [0.3, 0.4) is 0 Å². The maximum atomic E-state index is 13.2. The lowest BCUT2D eigenvalue weighted by molar-refractivity contribution is 0.629. The summed E-state index contributed by atoms with van der Waals surface area (Å²) in [6, 6.07) is 4.62. The van der Waals surface area contributed by atoms with E-state index in [2.05, 4.69) is 4.98 Å². The molecule has 1 aromatic carbocycles. The van der Waals surface area contributed by atoms with E-state index >= 15 is 0 Å². The Hall–Kier alpha value is -1.64. The Morgan fingerprint density at radius 1 is 1.19 bits per heavy atom. The molecule has 1 aliphatic rings. The largest absolute Gasteiger partial charge is 0.398 e. The maximum Gasteiger partial charge on any atom is 0.124 e. The molecule has 0 saturated carbocycles. The number of pyridine rings is 1. The fourth-order valence-corrected chi connectivity index (χ4v) is 2.43. The van der Waals surface area contributed by atoms with Gasteiger partial charge in [-0.05, 0) is 49.4 Å². The van der Waals surface area contributed by atoms with E-state index in [0.717, 1.165) is 47.1 Å². The molecule has 0 fully saturated rings. The molecule has 1 aliphatic carbocycles. The number of hydrogen-bond donors (Lipinski definition) is 1. The second-order valence-corrected chi connectivity index (χ2v) is 4.32. The van der Waals surface area contributed by atoms with Crippen molar-refractivity contribution in [2.75, 3.05) is 5.73 Å². The molecule has 3 rings (SSSR count). The zero-order chi connectivity index (χ0) is 11.1. The van der Waals surface area contributed by atoms with Gasteiger partial charge in [-0.1, -0.05) is 0 Å². The molecule has 2 aromatic rings. The van der Waals surface area contributed by atoms with Crippen molar-refractivity contribution in [3.05, 3.63) is 35.3 Å². The van der Waals surface area contributed by atoms with Crippen LogP contribution in [0.5, 0.6) is 0 Å². The van der Waals surface area contributed by atoms with Crippen molar-refractivity contribution < 1.29 is 4.39 Å². The minimum absolute atomic E-state index is 0.253. The van der Waals surface area contributed by atoms with Crippen LogP contribution in [0, 0.1) is 5.82 Å². The molecule has 2 nitrogen and oxygen atoms in total. The van der Waals surface area contributed by atoms with Crippen LogP contribution in [0.4, 0.5) is 10.1 Å². The first-order valence-corrected chi connectivity index (χ1v) is 5.62. The van der Waals surface area contributed by atoms with Gasteiger partial charge >= 0.3 is 0 Å². The summed E-state index contributed by atoms with van der Waals surface area (Å²) in [5.41, 5.74) is 9.86. The summed E-state index contributed by atoms with van der Waals surface area (Å²) >= 11 is 0. The first-order valence-electron chi connectivity index (χ1n) is 5.62. The average Bonchev–Trinajstić information content (AvgIpc) is 2.31. The Bertz CT molecular complexity index is 563. The molecule has 0 unspecified atom stereocenters. The van der Waals surface area contributed by atoms with Crippen LogP contribution in [0.25, 0.3) is 10.9 Å². The molecule has 2 N–H and O–H groups in total. The molecular formula is C13H13FN2. The van der Waals surface area contributed by atoms with Crippen LogP contribution in [0.1, 0.15) is 24.1 Å². The van der Waals surface area contributed by atoms with Crippen LogP contribution in [-0.4, -0.2) is 4.98 Å². The van der Waals surface area contributed by atoms with Crippen LogP contribution in [-0.2, 0) is 12.8 Å². The van der Waals surface area contributed by atoms with Gasteiger partial charge in [-0.15, -0.1) is 0 Å². The molecule has 0 aliphatic heterocycles. The minimum Gasteiger partial charge on any atom is -0.398 e. The highest BCUT2D eigenvalue weighted by atomic mass is 19.1. The SMILES string of the molecule is Nc1c2c(nc3ccc(F)cc13)CCCC2. The highest BCUT2D eigenvalue weighted by molar-refractivity contribution is 5.92. The highest BCUT2D eigenvalue weighted by Crippen LogP contribution is 2.31. The first kappa shape index (κ1) is 9.58. The molecule has 1 aromatic heterocycles. The summed E-state index contributed by atoms with van der Waals surface area (Å²) in [4.78, 5) is 4.57. The minimum atomic E-state index is -0.253. The van der Waals surface area contributed by atoms with Gasteiger partial charge in [-0.2, -0.15) is 0 Å². The third-order valence-electron chi connectivity index (χ3n) is 3.27. The van der Waals surface area contributed by atoms with Gasteiger partial charge in [-0.25, -0.2) is 4.39 Å². The van der Waals surface area contributed by atoms with Crippen molar-refractivity contribution in [3.8, 4) is 0 Å². The topological polar surface area (TPSA) is 38.9 Å². The van der Waals surface area contributed by atoms with Gasteiger partial charge in [0.15, 0.2) is 0 Å². The van der Waals surface area contributed by atoms with E-state index in [-0.39, 0.29) is 5.82 Å². The van der Waals surface area contributed by atoms with Crippen LogP contribution < -0.4 is 5.73 Å². The van der Waals surface area contributed by atoms with Crippen molar-refractivity contribution in [3.63, 3.8) is 0 Å². The van der Waals surface area contributed by atoms with Gasteiger partial charge in [0.25, 0.3) is 0 Å². The Labute approximate surface area is 93.3 Å². The first-order chi connectivity index (χ1) is 7.75. The standard InChI is InChI=1S/C13H13FN2/c14-8-5-6-12-10(7-8)13(15)9-3-1-2-4-11(9)16-12/h5-7H,1-4H2,(H2,15,16). The number of aryl methyl sites for hydroxylation is 1. The van der Waals surface area contributed by atoms with E-state index in [4.69, 9.17) is 5.73 Å². The lowest BCUT2D eigenvalue weighted by atomic mass is 9.93. The van der Waals surface area contributed by atoms with Gasteiger partial charge < -0.3 is 5.73 Å². The van der Waals surface area contributed by atoms with Gasteiger partial charge in [0, 0.05) is 16.8 Å². The molecule has 0 atom stereocenters. The summed E-state index contributed by atoms with van der Waals surface area (Å²) in [6.07, 6.45) is 4.29. The zero-order valence-corrected chi connectivity index (χ0v) is 8.96. The molecule has 16 heavy (non-hydrogen) atoms. The lowest BCUT2D eigenvalue weighted by Crippen LogP contribution is -2.09. The number of nitrogens with two attached hydrogens (primary N) is 1. The van der Waals surface area contributed by atoms with Gasteiger partial charge in [0.05, 0.1) is 5.52 Å². The van der Waals surface area contributed by atoms with Crippen molar-refractivity contribution >= 4 is 16.6 Å². The summed E-state index contributed by atoms with van der Waals surface area (Å²) in [7, 11) is 0. The summed E-state index contributed by atoms with van der Waals surface area (Å²) in [5, 5.41) is 0.751. The Morgan fingerprint density at radius 3 is 2.88 bits per heavy atom. The third-order valence-corrected chi connectivity index (χ3v) is 3.27. The molecule has 3 heteroatoms. The second-order valence-electron chi connectivity index (χ2n) is 4.32. The Morgan fingerprint density at radius 2 is 2.00 bits per heavy atom. The molecule has 1 heterocycles. The number of benzene rings is 1. The monoisotopic (exact) mass is 216 g/mol. The van der Waals surface area contributed by atoms with Gasteiger partial charge in [0.2, 0.25) is 0 Å². The van der Waals surface area contributed by atoms with Crippen molar-refractivity contribution in [2.24, 2.45) is 0 Å². The number of fused-ring (bicyclic) bond motifs is 2. The highest BCUT2D eigenvalue weighted by Gasteiger charge is 2.16. The molecule has 0 bridgehead atoms. The van der Waals surface area contributed by atoms with E-state index < -0.39 is 0 Å². The number of hydrogen-bond acceptors (Lipinski definition) is 2. The number of nitrogen functional groups attached to an aromatic ring is 1.